The molecule has 1 heteroatoms. The zero-order valence-corrected chi connectivity index (χ0v) is 13.8. The second-order valence-electron chi connectivity index (χ2n) is 6.17. The van der Waals surface area contributed by atoms with E-state index < -0.39 is 0 Å². The minimum atomic E-state index is 0.396. The lowest BCUT2D eigenvalue weighted by molar-refractivity contribution is 0.287. The number of anilines is 1. The molecule has 1 nitrogen and oxygen atoms in total. The van der Waals surface area contributed by atoms with Crippen LogP contribution in [-0.4, -0.2) is 12.1 Å². The van der Waals surface area contributed by atoms with Crippen LogP contribution in [0, 0.1) is 0 Å². The van der Waals surface area contributed by atoms with Crippen molar-refractivity contribution in [3.8, 4) is 0 Å². The summed E-state index contributed by atoms with van der Waals surface area (Å²) >= 11 is 0. The Kier molecular flexibility index (Phi) is 5.12. The van der Waals surface area contributed by atoms with E-state index in [0.29, 0.717) is 5.54 Å². The van der Waals surface area contributed by atoms with Crippen LogP contribution in [0.25, 0.3) is 0 Å². The molecule has 0 saturated carbocycles. The number of hydrogen-bond acceptors (Lipinski definition) is 1. The van der Waals surface area contributed by atoms with Crippen molar-refractivity contribution in [1.29, 1.82) is 0 Å². The molecule has 0 unspecified atom stereocenters. The minimum Gasteiger partial charge on any atom is -0.365 e. The quantitative estimate of drug-likeness (QED) is 0.698. The van der Waals surface area contributed by atoms with Crippen LogP contribution < -0.4 is 4.90 Å². The standard InChI is InChI=1S/C19H31N/c1-5-16-12-11-13-17(6-2)18(16)20-15-10-9-14-19(20,7-3)8-4/h11-13H,5-10,14-15H2,1-4H3. The van der Waals surface area contributed by atoms with Crippen LogP contribution in [0.2, 0.25) is 0 Å². The van der Waals surface area contributed by atoms with E-state index >= 15 is 0 Å². The molecule has 0 radical (unpaired) electrons. The molecule has 1 aliphatic heterocycles. The number of rotatable bonds is 5. The topological polar surface area (TPSA) is 3.24 Å². The van der Waals surface area contributed by atoms with Crippen LogP contribution in [0.15, 0.2) is 18.2 Å². The van der Waals surface area contributed by atoms with Gasteiger partial charge in [-0.1, -0.05) is 45.9 Å². The molecule has 0 spiro atoms. The molecule has 112 valence electrons. The Morgan fingerprint density at radius 2 is 1.55 bits per heavy atom. The SMILES string of the molecule is CCc1cccc(CC)c1N1CCCCC1(CC)CC. The smallest absolute Gasteiger partial charge is 0.0435 e. The Balaban J connectivity index is 2.52. The molecule has 0 aromatic heterocycles. The predicted molar refractivity (Wildman–Crippen MR) is 89.7 cm³/mol. The highest BCUT2D eigenvalue weighted by Gasteiger charge is 2.37. The Morgan fingerprint density at radius 3 is 2.05 bits per heavy atom. The molecule has 1 aromatic carbocycles. The van der Waals surface area contributed by atoms with Crippen molar-refractivity contribution in [2.45, 2.75) is 78.2 Å². The van der Waals surface area contributed by atoms with Gasteiger partial charge in [0.15, 0.2) is 0 Å². The molecule has 0 atom stereocenters. The van der Waals surface area contributed by atoms with Gasteiger partial charge in [-0.25, -0.2) is 0 Å². The highest BCUT2D eigenvalue weighted by Crippen LogP contribution is 2.41. The summed E-state index contributed by atoms with van der Waals surface area (Å²) in [6, 6.07) is 6.91. The van der Waals surface area contributed by atoms with E-state index in [1.165, 1.54) is 49.8 Å². The number of benzene rings is 1. The predicted octanol–water partition coefficient (Wildman–Crippen LogP) is 5.36. The number of piperidine rings is 1. The summed E-state index contributed by atoms with van der Waals surface area (Å²) in [4.78, 5) is 2.79. The molecule has 0 aliphatic carbocycles. The van der Waals surface area contributed by atoms with Crippen LogP contribution in [0.5, 0.6) is 0 Å². The monoisotopic (exact) mass is 273 g/mol. The second-order valence-corrected chi connectivity index (χ2v) is 6.17. The number of nitrogens with zero attached hydrogens (tertiary/aromatic N) is 1. The van der Waals surface area contributed by atoms with Crippen molar-refractivity contribution in [2.24, 2.45) is 0 Å². The van der Waals surface area contributed by atoms with Gasteiger partial charge in [-0.3, -0.25) is 0 Å². The zero-order valence-electron chi connectivity index (χ0n) is 13.8. The molecule has 1 fully saturated rings. The van der Waals surface area contributed by atoms with Gasteiger partial charge in [-0.15, -0.1) is 0 Å². The zero-order chi connectivity index (χ0) is 14.6. The lowest BCUT2D eigenvalue weighted by Crippen LogP contribution is -2.52. The van der Waals surface area contributed by atoms with Crippen molar-refractivity contribution >= 4 is 5.69 Å². The van der Waals surface area contributed by atoms with E-state index in [4.69, 9.17) is 0 Å². The van der Waals surface area contributed by atoms with Gasteiger partial charge in [-0.2, -0.15) is 0 Å². The van der Waals surface area contributed by atoms with Crippen molar-refractivity contribution < 1.29 is 0 Å². The molecule has 1 aliphatic rings. The highest BCUT2D eigenvalue weighted by atomic mass is 15.2. The van der Waals surface area contributed by atoms with E-state index in [0.717, 1.165) is 12.8 Å². The molecule has 1 saturated heterocycles. The first-order chi connectivity index (χ1) is 9.72. The Hall–Kier alpha value is -0.980. The largest absolute Gasteiger partial charge is 0.365 e. The molecule has 0 bridgehead atoms. The van der Waals surface area contributed by atoms with Gasteiger partial charge < -0.3 is 4.90 Å². The Bertz CT molecular complexity index is 409. The fraction of sp³-hybridized carbons (Fsp3) is 0.684. The van der Waals surface area contributed by atoms with Crippen LogP contribution >= 0.6 is 0 Å². The molecule has 1 heterocycles. The average Bonchev–Trinajstić information content (AvgIpc) is 2.53. The average molecular weight is 273 g/mol. The van der Waals surface area contributed by atoms with Crippen molar-refractivity contribution in [1.82, 2.24) is 0 Å². The summed E-state index contributed by atoms with van der Waals surface area (Å²) < 4.78 is 0. The molecule has 2 rings (SSSR count). The molecular weight excluding hydrogens is 242 g/mol. The highest BCUT2D eigenvalue weighted by molar-refractivity contribution is 5.62. The lowest BCUT2D eigenvalue weighted by atomic mass is 9.80. The summed E-state index contributed by atoms with van der Waals surface area (Å²) in [6.07, 6.45) is 8.93. The molecular formula is C19H31N. The van der Waals surface area contributed by atoms with E-state index in [9.17, 15) is 0 Å². The Morgan fingerprint density at radius 1 is 0.950 bits per heavy atom. The van der Waals surface area contributed by atoms with Crippen molar-refractivity contribution in [3.05, 3.63) is 29.3 Å². The van der Waals surface area contributed by atoms with Gasteiger partial charge in [-0.05, 0) is 56.1 Å². The fourth-order valence-electron chi connectivity index (χ4n) is 3.99. The summed E-state index contributed by atoms with van der Waals surface area (Å²) in [5.74, 6) is 0. The van der Waals surface area contributed by atoms with Gasteiger partial charge >= 0.3 is 0 Å². The van der Waals surface area contributed by atoms with E-state index in [-0.39, 0.29) is 0 Å². The van der Waals surface area contributed by atoms with E-state index in [1.807, 2.05) is 0 Å². The van der Waals surface area contributed by atoms with E-state index in [1.54, 1.807) is 5.69 Å². The first-order valence-electron chi connectivity index (χ1n) is 8.60. The van der Waals surface area contributed by atoms with Gasteiger partial charge in [0.1, 0.15) is 0 Å². The number of hydrogen-bond donors (Lipinski definition) is 0. The second kappa shape index (κ2) is 6.65. The summed E-state index contributed by atoms with van der Waals surface area (Å²) in [5, 5.41) is 0. The normalized spacial score (nSPS) is 18.3. The maximum absolute atomic E-state index is 2.79. The third-order valence-corrected chi connectivity index (χ3v) is 5.40. The third-order valence-electron chi connectivity index (χ3n) is 5.40. The van der Waals surface area contributed by atoms with Crippen LogP contribution in [-0.2, 0) is 12.8 Å². The summed E-state index contributed by atoms with van der Waals surface area (Å²) in [7, 11) is 0. The van der Waals surface area contributed by atoms with Gasteiger partial charge in [0.2, 0.25) is 0 Å². The summed E-state index contributed by atoms with van der Waals surface area (Å²) in [5.41, 5.74) is 5.05. The molecule has 0 amide bonds. The van der Waals surface area contributed by atoms with Gasteiger partial charge in [0, 0.05) is 17.8 Å². The molecule has 0 N–H and O–H groups in total. The first-order valence-corrected chi connectivity index (χ1v) is 8.60. The fourth-order valence-corrected chi connectivity index (χ4v) is 3.99. The Labute approximate surface area is 125 Å². The lowest BCUT2D eigenvalue weighted by Gasteiger charge is -2.49. The number of aryl methyl sites for hydroxylation is 2. The maximum Gasteiger partial charge on any atom is 0.0435 e. The van der Waals surface area contributed by atoms with Gasteiger partial charge in [0.25, 0.3) is 0 Å². The number of para-hydroxylation sites is 1. The van der Waals surface area contributed by atoms with E-state index in [2.05, 4.69) is 50.8 Å². The van der Waals surface area contributed by atoms with Gasteiger partial charge in [0.05, 0.1) is 0 Å². The minimum absolute atomic E-state index is 0.396. The maximum atomic E-state index is 2.79. The summed E-state index contributed by atoms with van der Waals surface area (Å²) in [6.45, 7) is 10.6. The first kappa shape index (κ1) is 15.4. The van der Waals surface area contributed by atoms with Crippen LogP contribution in [0.4, 0.5) is 5.69 Å². The van der Waals surface area contributed by atoms with Crippen LogP contribution in [0.1, 0.15) is 70.9 Å². The van der Waals surface area contributed by atoms with Crippen LogP contribution in [0.3, 0.4) is 0 Å². The molecule has 20 heavy (non-hydrogen) atoms. The van der Waals surface area contributed by atoms with Crippen molar-refractivity contribution in [3.63, 3.8) is 0 Å². The van der Waals surface area contributed by atoms with Crippen molar-refractivity contribution in [2.75, 3.05) is 11.4 Å². The third kappa shape index (κ3) is 2.60. The molecule has 1 aromatic rings.